The minimum atomic E-state index is 0.162. The fourth-order valence-corrected chi connectivity index (χ4v) is 3.14. The van der Waals surface area contributed by atoms with E-state index in [-0.39, 0.29) is 10.8 Å². The predicted molar refractivity (Wildman–Crippen MR) is 98.9 cm³/mol. The summed E-state index contributed by atoms with van der Waals surface area (Å²) >= 11 is 0. The van der Waals surface area contributed by atoms with E-state index in [2.05, 4.69) is 90.1 Å². The quantitative estimate of drug-likeness (QED) is 0.410. The summed E-state index contributed by atoms with van der Waals surface area (Å²) in [6.45, 7) is 13.7. The highest BCUT2D eigenvalue weighted by molar-refractivity contribution is 6.00. The molecule has 0 fully saturated rings. The van der Waals surface area contributed by atoms with Gasteiger partial charge in [0.2, 0.25) is 0 Å². The van der Waals surface area contributed by atoms with Gasteiger partial charge in [0.25, 0.3) is 0 Å². The van der Waals surface area contributed by atoms with Crippen LogP contribution in [-0.2, 0) is 10.8 Å². The van der Waals surface area contributed by atoms with Gasteiger partial charge in [0.05, 0.1) is 0 Å². The van der Waals surface area contributed by atoms with Crippen LogP contribution in [0.15, 0.2) is 48.5 Å². The van der Waals surface area contributed by atoms with Crippen molar-refractivity contribution in [2.75, 3.05) is 0 Å². The second-order valence-corrected chi connectivity index (χ2v) is 8.44. The summed E-state index contributed by atoms with van der Waals surface area (Å²) in [5.41, 5.74) is 3.17. The van der Waals surface area contributed by atoms with Gasteiger partial charge in [-0.1, -0.05) is 77.9 Å². The van der Waals surface area contributed by atoms with Crippen LogP contribution in [0.25, 0.3) is 21.5 Å². The van der Waals surface area contributed by atoms with E-state index in [9.17, 15) is 0 Å². The first-order valence-corrected chi connectivity index (χ1v) is 8.14. The molecule has 0 spiro atoms. The molecule has 0 aliphatic carbocycles. The molecule has 0 aliphatic rings. The van der Waals surface area contributed by atoms with Crippen LogP contribution >= 0.6 is 0 Å². The predicted octanol–water partition coefficient (Wildman–Crippen LogP) is 6.59. The number of fused-ring (bicyclic) bond motifs is 2. The third-order valence-corrected chi connectivity index (χ3v) is 4.51. The molecule has 22 heavy (non-hydrogen) atoms. The van der Waals surface area contributed by atoms with Crippen molar-refractivity contribution < 1.29 is 0 Å². The highest BCUT2D eigenvalue weighted by atomic mass is 14.2. The lowest BCUT2D eigenvalue weighted by Gasteiger charge is -2.22. The fourth-order valence-electron chi connectivity index (χ4n) is 3.14. The van der Waals surface area contributed by atoms with Crippen molar-refractivity contribution in [2.45, 2.75) is 52.4 Å². The topological polar surface area (TPSA) is 0 Å². The van der Waals surface area contributed by atoms with E-state index >= 15 is 0 Å². The molecular weight excluding hydrogens is 264 g/mol. The molecule has 0 saturated carbocycles. The highest BCUT2D eigenvalue weighted by Crippen LogP contribution is 2.34. The van der Waals surface area contributed by atoms with Crippen LogP contribution < -0.4 is 0 Å². The monoisotopic (exact) mass is 290 g/mol. The van der Waals surface area contributed by atoms with E-state index in [1.807, 2.05) is 0 Å². The minimum absolute atomic E-state index is 0.162. The van der Waals surface area contributed by atoms with E-state index in [4.69, 9.17) is 0 Å². The van der Waals surface area contributed by atoms with Crippen LogP contribution in [0, 0.1) is 0 Å². The highest BCUT2D eigenvalue weighted by Gasteiger charge is 2.18. The first-order chi connectivity index (χ1) is 10.2. The molecule has 0 unspecified atom stereocenters. The average Bonchev–Trinajstić information content (AvgIpc) is 2.41. The molecule has 0 amide bonds. The van der Waals surface area contributed by atoms with Crippen LogP contribution in [0.3, 0.4) is 0 Å². The summed E-state index contributed by atoms with van der Waals surface area (Å²) in [7, 11) is 0. The van der Waals surface area contributed by atoms with Crippen LogP contribution in [0.1, 0.15) is 52.7 Å². The lowest BCUT2D eigenvalue weighted by Crippen LogP contribution is -2.12. The molecule has 3 rings (SSSR count). The van der Waals surface area contributed by atoms with Gasteiger partial charge in [-0.05, 0) is 55.6 Å². The third-order valence-electron chi connectivity index (χ3n) is 4.51. The lowest BCUT2D eigenvalue weighted by molar-refractivity contribution is 0.591. The van der Waals surface area contributed by atoms with Gasteiger partial charge >= 0.3 is 0 Å². The van der Waals surface area contributed by atoms with Gasteiger partial charge in [-0.15, -0.1) is 0 Å². The van der Waals surface area contributed by atoms with Gasteiger partial charge in [-0.2, -0.15) is 0 Å². The number of benzene rings is 3. The Bertz CT molecular complexity index is 839. The number of rotatable bonds is 0. The molecule has 0 bridgehead atoms. The average molecular weight is 290 g/mol. The molecule has 0 N–H and O–H groups in total. The van der Waals surface area contributed by atoms with E-state index in [1.165, 1.54) is 32.7 Å². The largest absolute Gasteiger partial charge is 0.0613 e. The molecule has 0 heteroatoms. The SMILES string of the molecule is CC(C)(C)c1ccc2cc3cccc(C(C)(C)C)c3cc2c1. The first kappa shape index (κ1) is 15.1. The van der Waals surface area contributed by atoms with Gasteiger partial charge in [0.15, 0.2) is 0 Å². The smallest absolute Gasteiger partial charge is 0.0126 e. The van der Waals surface area contributed by atoms with E-state index in [0.29, 0.717) is 0 Å². The molecular formula is C22H26. The second kappa shape index (κ2) is 4.84. The summed E-state index contributed by atoms with van der Waals surface area (Å²) in [5.74, 6) is 0. The molecule has 0 nitrogen and oxygen atoms in total. The molecule has 114 valence electrons. The van der Waals surface area contributed by atoms with Crippen molar-refractivity contribution in [3.8, 4) is 0 Å². The molecule has 0 atom stereocenters. The summed E-state index contributed by atoms with van der Waals surface area (Å²) in [5, 5.41) is 5.39. The van der Waals surface area contributed by atoms with Crippen molar-refractivity contribution in [3.63, 3.8) is 0 Å². The zero-order valence-electron chi connectivity index (χ0n) is 14.6. The van der Waals surface area contributed by atoms with Crippen molar-refractivity contribution in [2.24, 2.45) is 0 Å². The summed E-state index contributed by atoms with van der Waals surface area (Å²) in [6, 6.07) is 18.3. The van der Waals surface area contributed by atoms with Crippen LogP contribution in [0.5, 0.6) is 0 Å². The Kier molecular flexibility index (Phi) is 3.32. The fraction of sp³-hybridized carbons (Fsp3) is 0.364. The Morgan fingerprint density at radius 2 is 1.32 bits per heavy atom. The standard InChI is InChI=1S/C22H26/c1-21(2,3)18-11-10-15-12-16-8-7-9-20(22(4,5)6)19(16)14-17(15)13-18/h7-14H,1-6H3. The lowest BCUT2D eigenvalue weighted by atomic mass is 9.82. The van der Waals surface area contributed by atoms with Crippen molar-refractivity contribution >= 4 is 21.5 Å². The zero-order chi connectivity index (χ0) is 16.1. The maximum absolute atomic E-state index is 2.38. The van der Waals surface area contributed by atoms with E-state index in [1.54, 1.807) is 0 Å². The van der Waals surface area contributed by atoms with E-state index in [0.717, 1.165) is 0 Å². The van der Waals surface area contributed by atoms with Crippen LogP contribution in [-0.4, -0.2) is 0 Å². The molecule has 3 aromatic carbocycles. The Morgan fingerprint density at radius 1 is 0.591 bits per heavy atom. The van der Waals surface area contributed by atoms with Gasteiger partial charge in [0.1, 0.15) is 0 Å². The van der Waals surface area contributed by atoms with Crippen molar-refractivity contribution in [1.29, 1.82) is 0 Å². The Hall–Kier alpha value is -1.82. The Balaban J connectivity index is 2.34. The molecule has 0 heterocycles. The minimum Gasteiger partial charge on any atom is -0.0613 e. The summed E-state index contributed by atoms with van der Waals surface area (Å²) < 4.78 is 0. The normalized spacial score (nSPS) is 13.0. The maximum atomic E-state index is 2.38. The van der Waals surface area contributed by atoms with Crippen molar-refractivity contribution in [1.82, 2.24) is 0 Å². The van der Waals surface area contributed by atoms with Gasteiger partial charge in [0, 0.05) is 0 Å². The van der Waals surface area contributed by atoms with E-state index < -0.39 is 0 Å². The second-order valence-electron chi connectivity index (χ2n) is 8.44. The molecule has 0 radical (unpaired) electrons. The first-order valence-electron chi connectivity index (χ1n) is 8.14. The van der Waals surface area contributed by atoms with Gasteiger partial charge in [-0.25, -0.2) is 0 Å². The van der Waals surface area contributed by atoms with Crippen molar-refractivity contribution in [3.05, 3.63) is 59.7 Å². The zero-order valence-corrected chi connectivity index (χ0v) is 14.6. The van der Waals surface area contributed by atoms with Crippen LogP contribution in [0.4, 0.5) is 0 Å². The molecule has 0 saturated heterocycles. The third kappa shape index (κ3) is 2.63. The Labute approximate surface area is 134 Å². The summed E-state index contributed by atoms with van der Waals surface area (Å²) in [6.07, 6.45) is 0. The Morgan fingerprint density at radius 3 is 1.95 bits per heavy atom. The number of hydrogen-bond acceptors (Lipinski definition) is 0. The maximum Gasteiger partial charge on any atom is -0.0126 e. The molecule has 0 aromatic heterocycles. The summed E-state index contributed by atoms with van der Waals surface area (Å²) in [4.78, 5) is 0. The van der Waals surface area contributed by atoms with Gasteiger partial charge < -0.3 is 0 Å². The van der Waals surface area contributed by atoms with Crippen LogP contribution in [0.2, 0.25) is 0 Å². The number of hydrogen-bond donors (Lipinski definition) is 0. The molecule has 0 aliphatic heterocycles. The van der Waals surface area contributed by atoms with Gasteiger partial charge in [-0.3, -0.25) is 0 Å². The molecule has 3 aromatic rings.